The van der Waals surface area contributed by atoms with E-state index in [1.54, 1.807) is 18.2 Å². The standard InChI is InChI=1S/C17H15BrN4O4/c1-11(16(23)20-15-5-3-2-4-14(15)18)17(24)21-19-10-12-6-8-13(9-7-12)22(25)26/h2-11H,1H3,(H,20,23)(H,21,24). The van der Waals surface area contributed by atoms with Crippen LogP contribution >= 0.6 is 15.9 Å². The molecule has 0 aliphatic carbocycles. The van der Waals surface area contributed by atoms with E-state index >= 15 is 0 Å². The van der Waals surface area contributed by atoms with Crippen molar-refractivity contribution in [3.63, 3.8) is 0 Å². The van der Waals surface area contributed by atoms with Gasteiger partial charge in [0.25, 0.3) is 11.6 Å². The third-order valence-corrected chi connectivity index (χ3v) is 4.10. The van der Waals surface area contributed by atoms with Crippen LogP contribution in [0.5, 0.6) is 0 Å². The first-order chi connectivity index (χ1) is 12.4. The zero-order chi connectivity index (χ0) is 19.1. The average Bonchev–Trinajstić information content (AvgIpc) is 2.63. The smallest absolute Gasteiger partial charge is 0.269 e. The number of hydrogen-bond acceptors (Lipinski definition) is 5. The highest BCUT2D eigenvalue weighted by Crippen LogP contribution is 2.21. The molecule has 26 heavy (non-hydrogen) atoms. The highest BCUT2D eigenvalue weighted by Gasteiger charge is 2.21. The number of para-hydroxylation sites is 1. The molecule has 0 spiro atoms. The van der Waals surface area contributed by atoms with Crippen LogP contribution < -0.4 is 10.7 Å². The fraction of sp³-hybridized carbons (Fsp3) is 0.118. The summed E-state index contributed by atoms with van der Waals surface area (Å²) in [5.74, 6) is -2.01. The monoisotopic (exact) mass is 418 g/mol. The number of benzene rings is 2. The lowest BCUT2D eigenvalue weighted by Crippen LogP contribution is -2.34. The summed E-state index contributed by atoms with van der Waals surface area (Å²) in [4.78, 5) is 34.2. The van der Waals surface area contributed by atoms with Gasteiger partial charge in [0.2, 0.25) is 5.91 Å². The van der Waals surface area contributed by atoms with Gasteiger partial charge in [0.15, 0.2) is 0 Å². The molecule has 134 valence electrons. The molecular formula is C17H15BrN4O4. The molecule has 0 aliphatic rings. The van der Waals surface area contributed by atoms with Crippen molar-refractivity contribution in [1.29, 1.82) is 0 Å². The summed E-state index contributed by atoms with van der Waals surface area (Å²) < 4.78 is 0.706. The van der Waals surface area contributed by atoms with E-state index in [4.69, 9.17) is 0 Å². The first-order valence-corrected chi connectivity index (χ1v) is 8.30. The summed E-state index contributed by atoms with van der Waals surface area (Å²) in [6.45, 7) is 1.46. The first-order valence-electron chi connectivity index (χ1n) is 7.51. The number of non-ortho nitro benzene ring substituents is 1. The third kappa shape index (κ3) is 5.21. The van der Waals surface area contributed by atoms with E-state index < -0.39 is 22.7 Å². The van der Waals surface area contributed by atoms with E-state index in [9.17, 15) is 19.7 Å². The quantitative estimate of drug-likeness (QED) is 0.324. The van der Waals surface area contributed by atoms with Gasteiger partial charge in [-0.15, -0.1) is 0 Å². The van der Waals surface area contributed by atoms with Crippen LogP contribution in [0, 0.1) is 16.0 Å². The first kappa shape index (κ1) is 19.3. The Morgan fingerprint density at radius 2 is 1.81 bits per heavy atom. The number of carbonyl (C=O) groups is 2. The lowest BCUT2D eigenvalue weighted by molar-refractivity contribution is -0.384. The molecule has 9 heteroatoms. The summed E-state index contributed by atoms with van der Waals surface area (Å²) in [5.41, 5.74) is 3.37. The van der Waals surface area contributed by atoms with Gasteiger partial charge in [0.05, 0.1) is 16.8 Å². The second-order valence-corrected chi connectivity index (χ2v) is 6.13. The number of amides is 2. The number of hydrogen-bond donors (Lipinski definition) is 2. The van der Waals surface area contributed by atoms with E-state index in [0.717, 1.165) is 0 Å². The number of anilines is 1. The molecule has 2 aromatic rings. The molecule has 1 atom stereocenters. The van der Waals surface area contributed by atoms with Crippen molar-refractivity contribution in [2.75, 3.05) is 5.32 Å². The molecule has 0 fully saturated rings. The van der Waals surface area contributed by atoms with E-state index in [2.05, 4.69) is 31.8 Å². The van der Waals surface area contributed by atoms with Crippen molar-refractivity contribution in [1.82, 2.24) is 5.43 Å². The number of halogens is 1. The number of rotatable bonds is 6. The molecule has 0 bridgehead atoms. The van der Waals surface area contributed by atoms with Crippen LogP contribution in [0.2, 0.25) is 0 Å². The Kier molecular flexibility index (Phi) is 6.56. The molecule has 2 aromatic carbocycles. The van der Waals surface area contributed by atoms with Crippen molar-refractivity contribution >= 4 is 45.3 Å². The van der Waals surface area contributed by atoms with Gasteiger partial charge in [0, 0.05) is 16.6 Å². The number of carbonyl (C=O) groups excluding carboxylic acids is 2. The van der Waals surface area contributed by atoms with Gasteiger partial charge < -0.3 is 5.32 Å². The summed E-state index contributed by atoms with van der Waals surface area (Å²) in [7, 11) is 0. The number of nitro benzene ring substituents is 1. The molecular weight excluding hydrogens is 404 g/mol. The Labute approximate surface area is 157 Å². The predicted octanol–water partition coefficient (Wildman–Crippen LogP) is 3.08. The fourth-order valence-corrected chi connectivity index (χ4v) is 2.26. The maximum absolute atomic E-state index is 12.1. The van der Waals surface area contributed by atoms with Crippen LogP contribution in [0.3, 0.4) is 0 Å². The van der Waals surface area contributed by atoms with Gasteiger partial charge >= 0.3 is 0 Å². The third-order valence-electron chi connectivity index (χ3n) is 3.41. The number of nitro groups is 1. The van der Waals surface area contributed by atoms with Crippen LogP contribution in [0.15, 0.2) is 58.1 Å². The van der Waals surface area contributed by atoms with E-state index in [1.807, 2.05) is 6.07 Å². The van der Waals surface area contributed by atoms with Gasteiger partial charge in [-0.1, -0.05) is 12.1 Å². The molecule has 8 nitrogen and oxygen atoms in total. The Balaban J connectivity index is 1.91. The van der Waals surface area contributed by atoms with Crippen molar-refractivity contribution in [2.24, 2.45) is 11.0 Å². The lowest BCUT2D eigenvalue weighted by Gasteiger charge is -2.11. The predicted molar refractivity (Wildman–Crippen MR) is 101 cm³/mol. The van der Waals surface area contributed by atoms with Crippen molar-refractivity contribution in [3.05, 3.63) is 68.7 Å². The van der Waals surface area contributed by atoms with Gasteiger partial charge in [0.1, 0.15) is 5.92 Å². The largest absolute Gasteiger partial charge is 0.324 e. The Morgan fingerprint density at radius 3 is 2.42 bits per heavy atom. The van der Waals surface area contributed by atoms with E-state index in [0.29, 0.717) is 15.7 Å². The number of hydrazone groups is 1. The number of nitrogens with one attached hydrogen (secondary N) is 2. The van der Waals surface area contributed by atoms with Crippen LogP contribution in [0.4, 0.5) is 11.4 Å². The van der Waals surface area contributed by atoms with Gasteiger partial charge in [-0.2, -0.15) is 5.10 Å². The molecule has 1 unspecified atom stereocenters. The summed E-state index contributed by atoms with van der Waals surface area (Å²) in [6, 6.07) is 12.7. The number of nitrogens with zero attached hydrogens (tertiary/aromatic N) is 2. The highest BCUT2D eigenvalue weighted by atomic mass is 79.9. The van der Waals surface area contributed by atoms with Crippen LogP contribution in [-0.4, -0.2) is 23.0 Å². The molecule has 2 rings (SSSR count). The van der Waals surface area contributed by atoms with Crippen molar-refractivity contribution in [3.8, 4) is 0 Å². The molecule has 0 radical (unpaired) electrons. The summed E-state index contributed by atoms with van der Waals surface area (Å²) in [5, 5.41) is 17.0. The minimum Gasteiger partial charge on any atom is -0.324 e. The Hall–Kier alpha value is -3.07. The van der Waals surface area contributed by atoms with Gasteiger partial charge in [-0.05, 0) is 52.7 Å². The summed E-state index contributed by atoms with van der Waals surface area (Å²) in [6.07, 6.45) is 1.33. The second kappa shape index (κ2) is 8.86. The topological polar surface area (TPSA) is 114 Å². The van der Waals surface area contributed by atoms with Crippen molar-refractivity contribution in [2.45, 2.75) is 6.92 Å². The molecule has 0 heterocycles. The maximum atomic E-state index is 12.1. The molecule has 0 aliphatic heterocycles. The molecule has 0 saturated carbocycles. The van der Waals surface area contributed by atoms with Gasteiger partial charge in [-0.3, -0.25) is 19.7 Å². The van der Waals surface area contributed by atoms with Crippen LogP contribution in [0.25, 0.3) is 0 Å². The lowest BCUT2D eigenvalue weighted by atomic mass is 10.1. The molecule has 0 saturated heterocycles. The maximum Gasteiger partial charge on any atom is 0.269 e. The zero-order valence-electron chi connectivity index (χ0n) is 13.7. The van der Waals surface area contributed by atoms with Gasteiger partial charge in [-0.25, -0.2) is 5.43 Å². The summed E-state index contributed by atoms with van der Waals surface area (Å²) >= 11 is 3.31. The normalized spacial score (nSPS) is 11.8. The Bertz CT molecular complexity index is 852. The average molecular weight is 419 g/mol. The molecule has 0 aromatic heterocycles. The minimum atomic E-state index is -0.962. The van der Waals surface area contributed by atoms with Crippen LogP contribution in [0.1, 0.15) is 12.5 Å². The van der Waals surface area contributed by atoms with Crippen molar-refractivity contribution < 1.29 is 14.5 Å². The molecule has 2 N–H and O–H groups in total. The second-order valence-electron chi connectivity index (χ2n) is 5.27. The SMILES string of the molecule is CC(C(=O)NN=Cc1ccc([N+](=O)[O-])cc1)C(=O)Nc1ccccc1Br. The minimum absolute atomic E-state index is 0.0384. The Morgan fingerprint density at radius 1 is 1.15 bits per heavy atom. The molecule has 2 amide bonds. The van der Waals surface area contributed by atoms with Crippen LogP contribution in [-0.2, 0) is 9.59 Å². The fourth-order valence-electron chi connectivity index (χ4n) is 1.87. The highest BCUT2D eigenvalue weighted by molar-refractivity contribution is 9.10. The van der Waals surface area contributed by atoms with E-state index in [-0.39, 0.29) is 5.69 Å². The van der Waals surface area contributed by atoms with E-state index in [1.165, 1.54) is 37.4 Å². The zero-order valence-corrected chi connectivity index (χ0v) is 15.3.